The third kappa shape index (κ3) is 5.91. The van der Waals surface area contributed by atoms with Crippen LogP contribution in [0.15, 0.2) is 29.6 Å². The lowest BCUT2D eigenvalue weighted by Gasteiger charge is -2.12. The van der Waals surface area contributed by atoms with Gasteiger partial charge in [-0.1, -0.05) is 0 Å². The maximum absolute atomic E-state index is 12.0. The van der Waals surface area contributed by atoms with Crippen molar-refractivity contribution in [2.24, 2.45) is 5.73 Å². The second-order valence-corrected chi connectivity index (χ2v) is 8.63. The minimum absolute atomic E-state index is 0.0910. The summed E-state index contributed by atoms with van der Waals surface area (Å²) in [5.41, 5.74) is 8.11. The molecule has 0 fully saturated rings. The van der Waals surface area contributed by atoms with Gasteiger partial charge in [0.25, 0.3) is 0 Å². The molecule has 4 N–H and O–H groups in total. The number of carbonyl (C=O) groups excluding carboxylic acids is 1. The van der Waals surface area contributed by atoms with Crippen LogP contribution in [0.5, 0.6) is 0 Å². The van der Waals surface area contributed by atoms with Gasteiger partial charge >= 0.3 is 0 Å². The van der Waals surface area contributed by atoms with Crippen LogP contribution in [0, 0.1) is 6.92 Å². The van der Waals surface area contributed by atoms with E-state index in [1.165, 1.54) is 11.3 Å². The molecule has 0 radical (unpaired) electrons. The molecule has 0 aliphatic carbocycles. The standard InChI is InChI=1S/C15H20N4O3S2/c1-10-9-23-15(17-10)19-12-5-3-11(4-6-12)18-14(20)13(16)7-8-24(2,21)22/h3-6,9,13H,7-8,16H2,1-2H3,(H,17,19)(H,18,20). The van der Waals surface area contributed by atoms with E-state index in [0.29, 0.717) is 5.69 Å². The van der Waals surface area contributed by atoms with Gasteiger partial charge in [-0.05, 0) is 37.6 Å². The van der Waals surface area contributed by atoms with Crippen LogP contribution in [0.3, 0.4) is 0 Å². The minimum Gasteiger partial charge on any atom is -0.332 e. The predicted molar refractivity (Wildman–Crippen MR) is 97.5 cm³/mol. The molecule has 1 aromatic carbocycles. The van der Waals surface area contributed by atoms with Gasteiger partial charge in [-0.2, -0.15) is 0 Å². The van der Waals surface area contributed by atoms with E-state index in [1.807, 2.05) is 24.4 Å². The zero-order chi connectivity index (χ0) is 17.7. The van der Waals surface area contributed by atoms with E-state index >= 15 is 0 Å². The first-order chi connectivity index (χ1) is 11.2. The molecule has 1 atom stereocenters. The molecule has 2 rings (SSSR count). The van der Waals surface area contributed by atoms with Crippen LogP contribution in [0.2, 0.25) is 0 Å². The number of aryl methyl sites for hydroxylation is 1. The normalized spacial score (nSPS) is 12.6. The molecule has 1 aromatic heterocycles. The SMILES string of the molecule is Cc1csc(Nc2ccc(NC(=O)C(N)CCS(C)(=O)=O)cc2)n1. The van der Waals surface area contributed by atoms with Gasteiger partial charge < -0.3 is 16.4 Å². The number of rotatable bonds is 7. The molecule has 7 nitrogen and oxygen atoms in total. The highest BCUT2D eigenvalue weighted by molar-refractivity contribution is 7.90. The van der Waals surface area contributed by atoms with E-state index in [1.54, 1.807) is 12.1 Å². The van der Waals surface area contributed by atoms with Crippen molar-refractivity contribution in [3.05, 3.63) is 35.3 Å². The number of anilines is 3. The molecule has 0 saturated heterocycles. The smallest absolute Gasteiger partial charge is 0.241 e. The summed E-state index contributed by atoms with van der Waals surface area (Å²) in [5, 5.41) is 8.59. The van der Waals surface area contributed by atoms with Crippen molar-refractivity contribution in [2.45, 2.75) is 19.4 Å². The second kappa shape index (κ2) is 7.73. The fourth-order valence-corrected chi connectivity index (χ4v) is 3.27. The molecule has 0 aliphatic rings. The first-order valence-corrected chi connectivity index (χ1v) is 10.2. The highest BCUT2D eigenvalue weighted by Crippen LogP contribution is 2.22. The van der Waals surface area contributed by atoms with Gasteiger partial charge in [0.1, 0.15) is 9.84 Å². The van der Waals surface area contributed by atoms with Crippen LogP contribution < -0.4 is 16.4 Å². The first kappa shape index (κ1) is 18.4. The highest BCUT2D eigenvalue weighted by atomic mass is 32.2. The largest absolute Gasteiger partial charge is 0.332 e. The molecule has 9 heteroatoms. The summed E-state index contributed by atoms with van der Waals surface area (Å²) in [5.74, 6) is -0.521. The van der Waals surface area contributed by atoms with Crippen LogP contribution in [-0.2, 0) is 14.6 Å². The fourth-order valence-electron chi connectivity index (χ4n) is 1.88. The molecule has 1 amide bonds. The molecule has 0 bridgehead atoms. The Morgan fingerprint density at radius 1 is 1.29 bits per heavy atom. The van der Waals surface area contributed by atoms with Crippen molar-refractivity contribution in [2.75, 3.05) is 22.6 Å². The molecule has 0 spiro atoms. The topological polar surface area (TPSA) is 114 Å². The Bertz CT molecular complexity index is 800. The maximum atomic E-state index is 12.0. The molecule has 130 valence electrons. The summed E-state index contributed by atoms with van der Waals surface area (Å²) in [6.45, 7) is 1.92. The predicted octanol–water partition coefficient (Wildman–Crippen LogP) is 1.90. The van der Waals surface area contributed by atoms with Gasteiger partial charge in [0.2, 0.25) is 5.91 Å². The summed E-state index contributed by atoms with van der Waals surface area (Å²) >= 11 is 1.51. The molecule has 2 aromatic rings. The zero-order valence-corrected chi connectivity index (χ0v) is 15.1. The van der Waals surface area contributed by atoms with Crippen molar-refractivity contribution in [3.8, 4) is 0 Å². The number of aromatic nitrogens is 1. The quantitative estimate of drug-likeness (QED) is 0.688. The van der Waals surface area contributed by atoms with Crippen LogP contribution in [0.4, 0.5) is 16.5 Å². The average Bonchev–Trinajstić information content (AvgIpc) is 2.91. The maximum Gasteiger partial charge on any atom is 0.241 e. The molecule has 24 heavy (non-hydrogen) atoms. The van der Waals surface area contributed by atoms with E-state index in [9.17, 15) is 13.2 Å². The summed E-state index contributed by atoms with van der Waals surface area (Å²) < 4.78 is 22.2. The van der Waals surface area contributed by atoms with E-state index in [0.717, 1.165) is 22.8 Å². The van der Waals surface area contributed by atoms with E-state index in [2.05, 4.69) is 15.6 Å². The average molecular weight is 368 g/mol. The summed E-state index contributed by atoms with van der Waals surface area (Å²) in [7, 11) is -3.13. The van der Waals surface area contributed by atoms with Crippen molar-refractivity contribution >= 4 is 43.6 Å². The van der Waals surface area contributed by atoms with E-state index in [4.69, 9.17) is 5.73 Å². The fraction of sp³-hybridized carbons (Fsp3) is 0.333. The summed E-state index contributed by atoms with van der Waals surface area (Å²) in [6, 6.07) is 6.24. The number of carbonyl (C=O) groups is 1. The number of thiazole rings is 1. The third-order valence-electron chi connectivity index (χ3n) is 3.16. The molecular formula is C15H20N4O3S2. The Morgan fingerprint density at radius 2 is 1.92 bits per heavy atom. The summed E-state index contributed by atoms with van der Waals surface area (Å²) in [4.78, 5) is 16.3. The lowest BCUT2D eigenvalue weighted by molar-refractivity contribution is -0.117. The second-order valence-electron chi connectivity index (χ2n) is 5.51. The van der Waals surface area contributed by atoms with Crippen molar-refractivity contribution in [1.82, 2.24) is 4.98 Å². The van der Waals surface area contributed by atoms with Crippen molar-refractivity contribution in [3.63, 3.8) is 0 Å². The molecule has 1 unspecified atom stereocenters. The van der Waals surface area contributed by atoms with E-state index in [-0.39, 0.29) is 12.2 Å². The monoisotopic (exact) mass is 368 g/mol. The number of hydrogen-bond acceptors (Lipinski definition) is 7. The lowest BCUT2D eigenvalue weighted by atomic mass is 10.2. The molecule has 0 saturated carbocycles. The number of nitrogens with two attached hydrogens (primary N) is 1. The Labute approximate surface area is 145 Å². The zero-order valence-electron chi connectivity index (χ0n) is 13.4. The number of nitrogens with one attached hydrogen (secondary N) is 2. The van der Waals surface area contributed by atoms with Gasteiger partial charge in [0.15, 0.2) is 5.13 Å². The van der Waals surface area contributed by atoms with Gasteiger partial charge in [0, 0.05) is 23.0 Å². The van der Waals surface area contributed by atoms with Crippen LogP contribution in [0.25, 0.3) is 0 Å². The van der Waals surface area contributed by atoms with Gasteiger partial charge in [-0.25, -0.2) is 13.4 Å². The third-order valence-corrected chi connectivity index (χ3v) is 5.01. The molecule has 1 heterocycles. The molecular weight excluding hydrogens is 348 g/mol. The highest BCUT2D eigenvalue weighted by Gasteiger charge is 2.16. The molecule has 0 aliphatic heterocycles. The van der Waals surface area contributed by atoms with Crippen LogP contribution in [0.1, 0.15) is 12.1 Å². The number of benzene rings is 1. The van der Waals surface area contributed by atoms with Gasteiger partial charge in [-0.15, -0.1) is 11.3 Å². The van der Waals surface area contributed by atoms with Gasteiger partial charge in [0.05, 0.1) is 17.5 Å². The number of nitrogens with zero attached hydrogens (tertiary/aromatic N) is 1. The van der Waals surface area contributed by atoms with Gasteiger partial charge in [-0.3, -0.25) is 4.79 Å². The minimum atomic E-state index is -3.13. The Kier molecular flexibility index (Phi) is 5.92. The van der Waals surface area contributed by atoms with Crippen LogP contribution >= 0.6 is 11.3 Å². The van der Waals surface area contributed by atoms with Crippen molar-refractivity contribution in [1.29, 1.82) is 0 Å². The Morgan fingerprint density at radius 3 is 2.46 bits per heavy atom. The first-order valence-electron chi connectivity index (χ1n) is 7.26. The Balaban J connectivity index is 1.89. The van der Waals surface area contributed by atoms with Crippen molar-refractivity contribution < 1.29 is 13.2 Å². The Hall–Kier alpha value is -1.97. The summed E-state index contributed by atoms with van der Waals surface area (Å²) in [6.07, 6.45) is 1.21. The van der Waals surface area contributed by atoms with Crippen LogP contribution in [-0.4, -0.2) is 37.4 Å². The lowest BCUT2D eigenvalue weighted by Crippen LogP contribution is -2.37. The van der Waals surface area contributed by atoms with E-state index < -0.39 is 21.8 Å². The number of amides is 1. The number of hydrogen-bond donors (Lipinski definition) is 3. The number of sulfone groups is 1.